The van der Waals surface area contributed by atoms with Gasteiger partial charge in [0.25, 0.3) is 5.91 Å². The zero-order chi connectivity index (χ0) is 15.2. The number of amides is 1. The van der Waals surface area contributed by atoms with Crippen molar-refractivity contribution in [3.63, 3.8) is 0 Å². The zero-order valence-corrected chi connectivity index (χ0v) is 12.6. The van der Waals surface area contributed by atoms with E-state index in [1.54, 1.807) is 0 Å². The molecule has 1 fully saturated rings. The van der Waals surface area contributed by atoms with E-state index in [9.17, 15) is 4.79 Å². The van der Waals surface area contributed by atoms with E-state index < -0.39 is 0 Å². The Balaban J connectivity index is 1.58. The molecule has 0 radical (unpaired) electrons. The van der Waals surface area contributed by atoms with Crippen LogP contribution >= 0.6 is 0 Å². The van der Waals surface area contributed by atoms with Crippen molar-refractivity contribution in [2.24, 2.45) is 0 Å². The number of rotatable bonds is 4. The highest BCUT2D eigenvalue weighted by Crippen LogP contribution is 2.20. The minimum Gasteiger partial charge on any atom is -0.467 e. The first-order valence-electron chi connectivity index (χ1n) is 7.95. The Kier molecular flexibility index (Phi) is 4.83. The van der Waals surface area contributed by atoms with Gasteiger partial charge < -0.3 is 10.1 Å². The molecule has 1 amide bonds. The first-order chi connectivity index (χ1) is 10.8. The molecule has 0 bridgehead atoms. The second-order valence-electron chi connectivity index (χ2n) is 5.74. The number of fused-ring (bicyclic) bond motifs is 1. The summed E-state index contributed by atoms with van der Waals surface area (Å²) in [4.78, 5) is 20.4. The summed E-state index contributed by atoms with van der Waals surface area (Å²) in [6.07, 6.45) is 8.54. The van der Waals surface area contributed by atoms with Gasteiger partial charge in [-0.2, -0.15) is 0 Å². The molecule has 22 heavy (non-hydrogen) atoms. The molecular weight excluding hydrogens is 278 g/mol. The minimum atomic E-state index is -0.0745. The summed E-state index contributed by atoms with van der Waals surface area (Å²) in [5.74, 6) is 0.385. The molecule has 116 valence electrons. The Morgan fingerprint density at radius 1 is 1.14 bits per heavy atom. The Morgan fingerprint density at radius 2 is 1.91 bits per heavy atom. The minimum absolute atomic E-state index is 0.00247. The van der Waals surface area contributed by atoms with Crippen molar-refractivity contribution >= 4 is 16.8 Å². The summed E-state index contributed by atoms with van der Waals surface area (Å²) in [6.45, 7) is -0.00247. The highest BCUT2D eigenvalue weighted by molar-refractivity contribution is 5.84. The molecule has 5 heteroatoms. The van der Waals surface area contributed by atoms with Crippen LogP contribution in [0.15, 0.2) is 30.6 Å². The highest BCUT2D eigenvalue weighted by atomic mass is 16.5. The average molecular weight is 299 g/mol. The molecule has 0 saturated heterocycles. The van der Waals surface area contributed by atoms with E-state index >= 15 is 0 Å². The van der Waals surface area contributed by atoms with Gasteiger partial charge in [-0.3, -0.25) is 4.79 Å². The van der Waals surface area contributed by atoms with E-state index in [0.29, 0.717) is 11.9 Å². The predicted octanol–water partition coefficient (Wildman–Crippen LogP) is 2.85. The fourth-order valence-electron chi connectivity index (χ4n) is 2.92. The summed E-state index contributed by atoms with van der Waals surface area (Å²) >= 11 is 0. The molecule has 1 saturated carbocycles. The van der Waals surface area contributed by atoms with E-state index in [1.807, 2.05) is 24.3 Å². The Morgan fingerprint density at radius 3 is 2.73 bits per heavy atom. The normalized spacial score (nSPS) is 16.2. The molecule has 1 heterocycles. The number of aromatic nitrogens is 2. The molecule has 1 aromatic carbocycles. The van der Waals surface area contributed by atoms with Crippen LogP contribution in [-0.4, -0.2) is 28.5 Å². The summed E-state index contributed by atoms with van der Waals surface area (Å²) in [6, 6.07) is 7.91. The number of nitrogens with one attached hydrogen (secondary N) is 1. The van der Waals surface area contributed by atoms with Crippen LogP contribution < -0.4 is 10.1 Å². The van der Waals surface area contributed by atoms with Gasteiger partial charge in [0.05, 0.1) is 10.9 Å². The van der Waals surface area contributed by atoms with Gasteiger partial charge in [0.2, 0.25) is 5.88 Å². The van der Waals surface area contributed by atoms with Crippen LogP contribution in [0.1, 0.15) is 38.5 Å². The van der Waals surface area contributed by atoms with Crippen molar-refractivity contribution in [3.8, 4) is 5.88 Å². The molecule has 1 aromatic heterocycles. The van der Waals surface area contributed by atoms with Crippen LogP contribution in [0, 0.1) is 0 Å². The molecule has 1 aliphatic carbocycles. The Bertz CT molecular complexity index is 631. The third-order valence-corrected chi connectivity index (χ3v) is 4.07. The smallest absolute Gasteiger partial charge is 0.258 e. The van der Waals surface area contributed by atoms with Gasteiger partial charge in [0.15, 0.2) is 6.61 Å². The second kappa shape index (κ2) is 7.20. The lowest BCUT2D eigenvalue weighted by atomic mass is 10.1. The van der Waals surface area contributed by atoms with Crippen molar-refractivity contribution < 1.29 is 9.53 Å². The highest BCUT2D eigenvalue weighted by Gasteiger charge is 2.15. The lowest BCUT2D eigenvalue weighted by Gasteiger charge is -2.16. The molecule has 2 aromatic rings. The van der Waals surface area contributed by atoms with Crippen molar-refractivity contribution in [1.29, 1.82) is 0 Å². The number of carbonyl (C=O) groups is 1. The van der Waals surface area contributed by atoms with Crippen molar-refractivity contribution in [1.82, 2.24) is 15.3 Å². The lowest BCUT2D eigenvalue weighted by Crippen LogP contribution is -2.37. The Hall–Kier alpha value is -2.17. The maximum atomic E-state index is 12.1. The summed E-state index contributed by atoms with van der Waals surface area (Å²) in [5.41, 5.74) is 0.816. The van der Waals surface area contributed by atoms with Gasteiger partial charge in [0.1, 0.15) is 6.33 Å². The maximum Gasteiger partial charge on any atom is 0.258 e. The summed E-state index contributed by atoms with van der Waals surface area (Å²) in [5, 5.41) is 3.90. The third kappa shape index (κ3) is 3.72. The SMILES string of the molecule is O=C(COc1ncnc2ccccc12)NC1CCCCCC1. The van der Waals surface area contributed by atoms with Crippen LogP contribution in [0.4, 0.5) is 0 Å². The molecule has 5 nitrogen and oxygen atoms in total. The quantitative estimate of drug-likeness (QED) is 0.882. The van der Waals surface area contributed by atoms with E-state index in [1.165, 1.54) is 32.0 Å². The van der Waals surface area contributed by atoms with Gasteiger partial charge in [-0.05, 0) is 25.0 Å². The number of benzene rings is 1. The van der Waals surface area contributed by atoms with Gasteiger partial charge in [0, 0.05) is 6.04 Å². The standard InChI is InChI=1S/C17H21N3O2/c21-16(20-13-7-3-1-2-4-8-13)11-22-17-14-9-5-6-10-15(14)18-12-19-17/h5-6,9-10,12-13H,1-4,7-8,11H2,(H,20,21). The fourth-order valence-corrected chi connectivity index (χ4v) is 2.92. The number of hydrogen-bond acceptors (Lipinski definition) is 4. The monoisotopic (exact) mass is 299 g/mol. The average Bonchev–Trinajstić information content (AvgIpc) is 2.81. The topological polar surface area (TPSA) is 64.1 Å². The first-order valence-corrected chi connectivity index (χ1v) is 7.95. The second-order valence-corrected chi connectivity index (χ2v) is 5.74. The van der Waals surface area contributed by atoms with Crippen LogP contribution in [-0.2, 0) is 4.79 Å². The Labute approximate surface area is 130 Å². The third-order valence-electron chi connectivity index (χ3n) is 4.07. The van der Waals surface area contributed by atoms with E-state index in [2.05, 4.69) is 15.3 Å². The van der Waals surface area contributed by atoms with Gasteiger partial charge in [-0.1, -0.05) is 37.8 Å². The van der Waals surface area contributed by atoms with Gasteiger partial charge >= 0.3 is 0 Å². The molecule has 0 aliphatic heterocycles. The largest absolute Gasteiger partial charge is 0.467 e. The van der Waals surface area contributed by atoms with Crippen molar-refractivity contribution in [2.45, 2.75) is 44.6 Å². The molecule has 0 spiro atoms. The summed E-state index contributed by atoms with van der Waals surface area (Å²) < 4.78 is 5.59. The van der Waals surface area contributed by atoms with Gasteiger partial charge in [-0.25, -0.2) is 9.97 Å². The maximum absolute atomic E-state index is 12.1. The first kappa shape index (κ1) is 14.8. The van der Waals surface area contributed by atoms with Crippen LogP contribution in [0.3, 0.4) is 0 Å². The number of para-hydroxylation sites is 1. The molecule has 0 unspecified atom stereocenters. The van der Waals surface area contributed by atoms with Crippen molar-refractivity contribution in [3.05, 3.63) is 30.6 Å². The molecule has 1 aliphatic rings. The molecule has 1 N–H and O–H groups in total. The van der Waals surface area contributed by atoms with E-state index in [0.717, 1.165) is 23.7 Å². The molecule has 3 rings (SSSR count). The van der Waals surface area contributed by atoms with E-state index in [-0.39, 0.29) is 12.5 Å². The zero-order valence-electron chi connectivity index (χ0n) is 12.6. The number of hydrogen-bond donors (Lipinski definition) is 1. The number of ether oxygens (including phenoxy) is 1. The molecular formula is C17H21N3O2. The van der Waals surface area contributed by atoms with Crippen LogP contribution in [0.2, 0.25) is 0 Å². The summed E-state index contributed by atoms with van der Waals surface area (Å²) in [7, 11) is 0. The predicted molar refractivity (Wildman–Crippen MR) is 84.7 cm³/mol. The van der Waals surface area contributed by atoms with Crippen LogP contribution in [0.5, 0.6) is 5.88 Å². The van der Waals surface area contributed by atoms with Crippen molar-refractivity contribution in [2.75, 3.05) is 6.61 Å². The van der Waals surface area contributed by atoms with Crippen LogP contribution in [0.25, 0.3) is 10.9 Å². The number of carbonyl (C=O) groups excluding carboxylic acids is 1. The number of nitrogens with zero attached hydrogens (tertiary/aromatic N) is 2. The van der Waals surface area contributed by atoms with E-state index in [4.69, 9.17) is 4.74 Å². The lowest BCUT2D eigenvalue weighted by molar-refractivity contribution is -0.123. The van der Waals surface area contributed by atoms with Gasteiger partial charge in [-0.15, -0.1) is 0 Å². The molecule has 0 atom stereocenters. The fraction of sp³-hybridized carbons (Fsp3) is 0.471.